The third kappa shape index (κ3) is 3.57. The zero-order chi connectivity index (χ0) is 19.7. The predicted octanol–water partition coefficient (Wildman–Crippen LogP) is 4.78. The highest BCUT2D eigenvalue weighted by molar-refractivity contribution is 14.1. The summed E-state index contributed by atoms with van der Waals surface area (Å²) >= 11 is 8.04. The quantitative estimate of drug-likeness (QED) is 0.375. The molecule has 0 amide bonds. The summed E-state index contributed by atoms with van der Waals surface area (Å²) in [5.74, 6) is 0.562. The fourth-order valence-corrected chi connectivity index (χ4v) is 3.64. The standard InChI is InChI=1S/C21H13ClINO4/c22-16-8-4-7-15-19(26)18(23)21(28-20(15)16)24-10-9-14(11-17(24)25)27-12-13-5-2-1-3-6-13/h1-11H,12H2. The van der Waals surface area contributed by atoms with Crippen molar-refractivity contribution in [3.63, 3.8) is 0 Å². The number of fused-ring (bicyclic) bond motifs is 1. The van der Waals surface area contributed by atoms with Crippen LogP contribution in [0.5, 0.6) is 5.75 Å². The number of aromatic nitrogens is 1. The van der Waals surface area contributed by atoms with Gasteiger partial charge in [0.2, 0.25) is 11.3 Å². The number of nitrogens with zero attached hydrogens (tertiary/aromatic N) is 1. The van der Waals surface area contributed by atoms with E-state index < -0.39 is 0 Å². The number of halogens is 2. The second-order valence-corrected chi connectivity index (χ2v) is 7.50. The van der Waals surface area contributed by atoms with Gasteiger partial charge in [0.15, 0.2) is 5.58 Å². The molecule has 140 valence electrons. The van der Waals surface area contributed by atoms with Gasteiger partial charge in [0, 0.05) is 12.3 Å². The van der Waals surface area contributed by atoms with Crippen molar-refractivity contribution >= 4 is 45.2 Å². The number of hydrogen-bond donors (Lipinski definition) is 0. The lowest BCUT2D eigenvalue weighted by Crippen LogP contribution is -2.21. The van der Waals surface area contributed by atoms with Crippen LogP contribution in [0.3, 0.4) is 0 Å². The molecular formula is C21H13ClINO4. The third-order valence-electron chi connectivity index (χ3n) is 4.16. The first-order valence-electron chi connectivity index (χ1n) is 8.35. The fraction of sp³-hybridized carbons (Fsp3) is 0.0476. The van der Waals surface area contributed by atoms with Gasteiger partial charge in [0.25, 0.3) is 5.56 Å². The van der Waals surface area contributed by atoms with E-state index in [4.69, 9.17) is 20.8 Å². The van der Waals surface area contributed by atoms with Crippen LogP contribution in [0.1, 0.15) is 5.56 Å². The van der Waals surface area contributed by atoms with E-state index in [0.717, 1.165) is 5.56 Å². The summed E-state index contributed by atoms with van der Waals surface area (Å²) in [7, 11) is 0. The van der Waals surface area contributed by atoms with Crippen LogP contribution in [0.15, 0.2) is 80.9 Å². The molecule has 0 bridgehead atoms. The second-order valence-electron chi connectivity index (χ2n) is 6.01. The molecule has 0 spiro atoms. The van der Waals surface area contributed by atoms with Crippen molar-refractivity contribution in [3.05, 3.63) is 102 Å². The van der Waals surface area contributed by atoms with Crippen LogP contribution in [0.2, 0.25) is 5.02 Å². The molecule has 4 aromatic rings. The van der Waals surface area contributed by atoms with Crippen LogP contribution in [0.4, 0.5) is 0 Å². The Kier molecular flexibility index (Phi) is 5.23. The summed E-state index contributed by atoms with van der Waals surface area (Å²) in [5, 5.41) is 0.680. The first kappa shape index (κ1) is 18.8. The smallest absolute Gasteiger partial charge is 0.261 e. The van der Waals surface area contributed by atoms with Crippen LogP contribution in [0, 0.1) is 3.57 Å². The molecule has 2 heterocycles. The first-order chi connectivity index (χ1) is 13.5. The molecule has 2 aromatic carbocycles. The van der Waals surface area contributed by atoms with E-state index in [2.05, 4.69) is 0 Å². The van der Waals surface area contributed by atoms with Gasteiger partial charge in [-0.15, -0.1) is 0 Å². The van der Waals surface area contributed by atoms with E-state index in [-0.39, 0.29) is 22.5 Å². The van der Waals surface area contributed by atoms with Crippen LogP contribution < -0.4 is 15.7 Å². The predicted molar refractivity (Wildman–Crippen MR) is 117 cm³/mol. The van der Waals surface area contributed by atoms with Gasteiger partial charge in [-0.25, -0.2) is 0 Å². The average molecular weight is 506 g/mol. The number of rotatable bonds is 4. The van der Waals surface area contributed by atoms with E-state index in [1.165, 1.54) is 16.8 Å². The van der Waals surface area contributed by atoms with Gasteiger partial charge in [-0.05, 0) is 46.4 Å². The zero-order valence-electron chi connectivity index (χ0n) is 14.4. The SMILES string of the molecule is O=c1c(I)c(-n2ccc(OCc3ccccc3)cc2=O)oc2c(Cl)cccc12. The highest BCUT2D eigenvalue weighted by atomic mass is 127. The van der Waals surface area contributed by atoms with Gasteiger partial charge in [-0.2, -0.15) is 0 Å². The summed E-state index contributed by atoms with van der Waals surface area (Å²) in [6, 6.07) is 17.6. The first-order valence-corrected chi connectivity index (χ1v) is 9.81. The molecule has 28 heavy (non-hydrogen) atoms. The maximum Gasteiger partial charge on any atom is 0.261 e. The molecule has 0 unspecified atom stereocenters. The zero-order valence-corrected chi connectivity index (χ0v) is 17.3. The monoisotopic (exact) mass is 505 g/mol. The number of pyridine rings is 1. The largest absolute Gasteiger partial charge is 0.489 e. The molecule has 0 N–H and O–H groups in total. The highest BCUT2D eigenvalue weighted by Crippen LogP contribution is 2.26. The summed E-state index contributed by atoms with van der Waals surface area (Å²) in [4.78, 5) is 25.3. The molecule has 0 saturated carbocycles. The lowest BCUT2D eigenvalue weighted by Gasteiger charge is -2.10. The second kappa shape index (κ2) is 7.81. The van der Waals surface area contributed by atoms with E-state index in [9.17, 15) is 9.59 Å². The van der Waals surface area contributed by atoms with Crippen LogP contribution in [-0.2, 0) is 6.61 Å². The molecule has 7 heteroatoms. The topological polar surface area (TPSA) is 61.4 Å². The maximum atomic E-state index is 12.6. The van der Waals surface area contributed by atoms with Gasteiger partial charge in [-0.3, -0.25) is 14.2 Å². The van der Waals surface area contributed by atoms with Crippen molar-refractivity contribution in [1.82, 2.24) is 4.57 Å². The lowest BCUT2D eigenvalue weighted by atomic mass is 10.2. The molecule has 0 radical (unpaired) electrons. The summed E-state index contributed by atoms with van der Waals surface area (Å²) in [5.41, 5.74) is 0.631. The summed E-state index contributed by atoms with van der Waals surface area (Å²) in [6.07, 6.45) is 1.52. The molecule has 5 nitrogen and oxygen atoms in total. The molecule has 0 aliphatic rings. The Bertz CT molecular complexity index is 1280. The van der Waals surface area contributed by atoms with Gasteiger partial charge >= 0.3 is 0 Å². The molecule has 4 rings (SSSR count). The van der Waals surface area contributed by atoms with Crippen molar-refractivity contribution in [2.24, 2.45) is 0 Å². The van der Waals surface area contributed by atoms with Crippen LogP contribution in [-0.4, -0.2) is 4.57 Å². The number of benzene rings is 2. The molecule has 0 fully saturated rings. The van der Waals surface area contributed by atoms with Crippen molar-refractivity contribution in [3.8, 4) is 11.6 Å². The Morgan fingerprint density at radius 1 is 1.04 bits per heavy atom. The van der Waals surface area contributed by atoms with E-state index in [1.54, 1.807) is 24.3 Å². The van der Waals surface area contributed by atoms with E-state index in [1.807, 2.05) is 52.9 Å². The number of ether oxygens (including phenoxy) is 1. The lowest BCUT2D eigenvalue weighted by molar-refractivity contribution is 0.305. The average Bonchev–Trinajstić information content (AvgIpc) is 2.71. The van der Waals surface area contributed by atoms with Gasteiger partial charge in [0.05, 0.1) is 10.4 Å². The normalized spacial score (nSPS) is 10.9. The Morgan fingerprint density at radius 2 is 1.82 bits per heavy atom. The van der Waals surface area contributed by atoms with Crippen molar-refractivity contribution in [2.45, 2.75) is 6.61 Å². The van der Waals surface area contributed by atoms with Gasteiger partial charge in [0.1, 0.15) is 15.9 Å². The van der Waals surface area contributed by atoms with Crippen LogP contribution in [0.25, 0.3) is 16.9 Å². The summed E-state index contributed by atoms with van der Waals surface area (Å²) < 4.78 is 13.1. The van der Waals surface area contributed by atoms with Crippen molar-refractivity contribution < 1.29 is 9.15 Å². The highest BCUT2D eigenvalue weighted by Gasteiger charge is 2.16. The fourth-order valence-electron chi connectivity index (χ4n) is 2.76. The Morgan fingerprint density at radius 3 is 2.57 bits per heavy atom. The third-order valence-corrected chi connectivity index (χ3v) is 5.40. The minimum Gasteiger partial charge on any atom is -0.489 e. The molecule has 0 aliphatic carbocycles. The van der Waals surface area contributed by atoms with E-state index in [0.29, 0.717) is 26.3 Å². The number of para-hydroxylation sites is 1. The number of hydrogen-bond acceptors (Lipinski definition) is 4. The minimum atomic E-state index is -0.377. The maximum absolute atomic E-state index is 12.6. The van der Waals surface area contributed by atoms with Crippen LogP contribution >= 0.6 is 34.2 Å². The van der Waals surface area contributed by atoms with Crippen molar-refractivity contribution in [2.75, 3.05) is 0 Å². The van der Waals surface area contributed by atoms with E-state index >= 15 is 0 Å². The molecular weight excluding hydrogens is 493 g/mol. The minimum absolute atomic E-state index is 0.130. The van der Waals surface area contributed by atoms with Gasteiger partial charge in [-0.1, -0.05) is 48.0 Å². The molecule has 0 atom stereocenters. The Hall–Kier alpha value is -2.58. The molecule has 0 saturated heterocycles. The summed E-state index contributed by atoms with van der Waals surface area (Å²) in [6.45, 7) is 0.350. The van der Waals surface area contributed by atoms with Gasteiger partial charge < -0.3 is 9.15 Å². The molecule has 0 aliphatic heterocycles. The Labute approximate surface area is 178 Å². The van der Waals surface area contributed by atoms with Crippen molar-refractivity contribution in [1.29, 1.82) is 0 Å². The Balaban J connectivity index is 1.72. The molecule has 2 aromatic heterocycles.